The van der Waals surface area contributed by atoms with Gasteiger partial charge in [-0.2, -0.15) is 5.10 Å². The summed E-state index contributed by atoms with van der Waals surface area (Å²) in [5.41, 5.74) is 2.41. The van der Waals surface area contributed by atoms with Crippen molar-refractivity contribution < 1.29 is 18.7 Å². The molecule has 0 unspecified atom stereocenters. The fourth-order valence-corrected chi connectivity index (χ4v) is 4.28. The van der Waals surface area contributed by atoms with Gasteiger partial charge >= 0.3 is 0 Å². The molecule has 3 aromatic rings. The highest BCUT2D eigenvalue weighted by atomic mass is 35.5. The molecule has 31 heavy (non-hydrogen) atoms. The number of hydrogen-bond donors (Lipinski definition) is 0. The molecular formula is C23H21ClFN3O3. The predicted octanol–water partition coefficient (Wildman–Crippen LogP) is 4.31. The van der Waals surface area contributed by atoms with Gasteiger partial charge < -0.3 is 14.4 Å². The molecule has 0 atom stereocenters. The number of carbonyl (C=O) groups excluding carboxylic acids is 1. The number of hydrogen-bond acceptors (Lipinski definition) is 4. The second-order valence-corrected chi connectivity index (χ2v) is 8.15. The number of piperidine rings is 1. The van der Waals surface area contributed by atoms with Crippen molar-refractivity contribution in [1.29, 1.82) is 0 Å². The molecule has 1 aromatic heterocycles. The van der Waals surface area contributed by atoms with Crippen LogP contribution in [0, 0.1) is 5.82 Å². The second kappa shape index (κ2) is 8.07. The van der Waals surface area contributed by atoms with E-state index in [1.807, 2.05) is 12.1 Å². The van der Waals surface area contributed by atoms with Crippen LogP contribution in [0.4, 0.5) is 4.39 Å². The summed E-state index contributed by atoms with van der Waals surface area (Å²) < 4.78 is 26.5. The van der Waals surface area contributed by atoms with Crippen LogP contribution in [0.2, 0.25) is 5.02 Å². The van der Waals surface area contributed by atoms with Crippen molar-refractivity contribution in [1.82, 2.24) is 14.7 Å². The van der Waals surface area contributed by atoms with E-state index in [1.165, 1.54) is 12.1 Å². The van der Waals surface area contributed by atoms with Crippen molar-refractivity contribution in [3.8, 4) is 16.9 Å². The Morgan fingerprint density at radius 1 is 1.03 bits per heavy atom. The largest absolute Gasteiger partial charge is 0.347 e. The van der Waals surface area contributed by atoms with E-state index in [-0.39, 0.29) is 11.7 Å². The highest BCUT2D eigenvalue weighted by Crippen LogP contribution is 2.32. The molecule has 2 aliphatic rings. The zero-order valence-corrected chi connectivity index (χ0v) is 17.5. The number of nitrogens with zero attached hydrogens (tertiary/aromatic N) is 3. The number of amides is 1. The van der Waals surface area contributed by atoms with Crippen LogP contribution in [0.15, 0.2) is 54.6 Å². The summed E-state index contributed by atoms with van der Waals surface area (Å²) in [7, 11) is 0. The summed E-state index contributed by atoms with van der Waals surface area (Å²) in [5, 5.41) is 5.19. The van der Waals surface area contributed by atoms with Gasteiger partial charge in [-0.25, -0.2) is 9.07 Å². The highest BCUT2D eigenvalue weighted by molar-refractivity contribution is 6.30. The molecule has 5 rings (SSSR count). The van der Waals surface area contributed by atoms with Gasteiger partial charge in [0.15, 0.2) is 5.79 Å². The van der Waals surface area contributed by atoms with Gasteiger partial charge in [-0.05, 0) is 48.5 Å². The first-order valence-electron chi connectivity index (χ1n) is 10.2. The van der Waals surface area contributed by atoms with Crippen molar-refractivity contribution in [2.75, 3.05) is 26.3 Å². The van der Waals surface area contributed by atoms with Crippen molar-refractivity contribution >= 4 is 17.5 Å². The van der Waals surface area contributed by atoms with Gasteiger partial charge in [-0.15, -0.1) is 0 Å². The SMILES string of the molecule is O=C(c1cc(-c2ccc(F)cc2)nn1-c1cccc(Cl)c1)N1CCC2(CC1)OCCO2. The van der Waals surface area contributed by atoms with Gasteiger partial charge in [0.25, 0.3) is 5.91 Å². The van der Waals surface area contributed by atoms with Crippen LogP contribution >= 0.6 is 11.6 Å². The number of aromatic nitrogens is 2. The number of ether oxygens (including phenoxy) is 2. The van der Waals surface area contributed by atoms with E-state index in [9.17, 15) is 9.18 Å². The second-order valence-electron chi connectivity index (χ2n) is 7.71. The fourth-order valence-electron chi connectivity index (χ4n) is 4.10. The number of benzene rings is 2. The molecule has 6 nitrogen and oxygen atoms in total. The van der Waals surface area contributed by atoms with Crippen molar-refractivity contribution in [3.63, 3.8) is 0 Å². The Bertz CT molecular complexity index is 1100. The average molecular weight is 442 g/mol. The Kier molecular flexibility index (Phi) is 5.25. The van der Waals surface area contributed by atoms with E-state index in [1.54, 1.807) is 39.9 Å². The molecule has 0 saturated carbocycles. The monoisotopic (exact) mass is 441 g/mol. The maximum absolute atomic E-state index is 13.5. The number of rotatable bonds is 3. The number of carbonyl (C=O) groups is 1. The quantitative estimate of drug-likeness (QED) is 0.607. The Morgan fingerprint density at radius 2 is 1.74 bits per heavy atom. The zero-order chi connectivity index (χ0) is 21.4. The summed E-state index contributed by atoms with van der Waals surface area (Å²) in [6, 6.07) is 15.0. The van der Waals surface area contributed by atoms with Crippen molar-refractivity contribution in [2.24, 2.45) is 0 Å². The fraction of sp³-hybridized carbons (Fsp3) is 0.304. The maximum atomic E-state index is 13.5. The molecule has 8 heteroatoms. The molecule has 0 N–H and O–H groups in total. The molecule has 3 heterocycles. The van der Waals surface area contributed by atoms with Crippen LogP contribution in [0.3, 0.4) is 0 Å². The number of likely N-dealkylation sites (tertiary alicyclic amines) is 1. The standard InChI is InChI=1S/C23H21ClFN3O3/c24-17-2-1-3-19(14-17)28-21(15-20(26-28)16-4-6-18(25)7-5-16)22(29)27-10-8-23(9-11-27)30-12-13-31-23/h1-7,14-15H,8-13H2. The van der Waals surface area contributed by atoms with Gasteiger partial charge in [0, 0.05) is 36.5 Å². The number of halogens is 2. The molecule has 2 fully saturated rings. The molecule has 2 aromatic carbocycles. The topological polar surface area (TPSA) is 56.6 Å². The van der Waals surface area contributed by atoms with Crippen LogP contribution in [-0.4, -0.2) is 52.7 Å². The smallest absolute Gasteiger partial charge is 0.272 e. The molecule has 0 aliphatic carbocycles. The van der Waals surface area contributed by atoms with E-state index >= 15 is 0 Å². The van der Waals surface area contributed by atoms with Crippen molar-refractivity contribution in [3.05, 3.63) is 71.1 Å². The van der Waals surface area contributed by atoms with Crippen LogP contribution in [-0.2, 0) is 9.47 Å². The minimum Gasteiger partial charge on any atom is -0.347 e. The summed E-state index contributed by atoms with van der Waals surface area (Å²) in [4.78, 5) is 15.3. The third-order valence-electron chi connectivity index (χ3n) is 5.75. The predicted molar refractivity (Wildman–Crippen MR) is 114 cm³/mol. The zero-order valence-electron chi connectivity index (χ0n) is 16.8. The molecular weight excluding hydrogens is 421 g/mol. The summed E-state index contributed by atoms with van der Waals surface area (Å²) in [6.07, 6.45) is 1.27. The summed E-state index contributed by atoms with van der Waals surface area (Å²) in [5.74, 6) is -1.01. The highest BCUT2D eigenvalue weighted by Gasteiger charge is 2.41. The van der Waals surface area contributed by atoms with Gasteiger partial charge in [-0.3, -0.25) is 4.79 Å². The van der Waals surface area contributed by atoms with Crippen LogP contribution in [0.25, 0.3) is 16.9 Å². The van der Waals surface area contributed by atoms with E-state index in [0.717, 1.165) is 5.56 Å². The minimum atomic E-state index is -0.552. The van der Waals surface area contributed by atoms with E-state index < -0.39 is 5.79 Å². The first-order chi connectivity index (χ1) is 15.0. The minimum absolute atomic E-state index is 0.131. The first-order valence-corrected chi connectivity index (χ1v) is 10.6. The third kappa shape index (κ3) is 3.96. The molecule has 2 aliphatic heterocycles. The van der Waals surface area contributed by atoms with E-state index in [2.05, 4.69) is 5.10 Å². The molecule has 0 radical (unpaired) electrons. The first kappa shape index (κ1) is 20.2. The van der Waals surface area contributed by atoms with Gasteiger partial charge in [-0.1, -0.05) is 17.7 Å². The Morgan fingerprint density at radius 3 is 2.42 bits per heavy atom. The normalized spacial score (nSPS) is 17.9. The molecule has 2 saturated heterocycles. The molecule has 1 amide bonds. The molecule has 1 spiro atoms. The lowest BCUT2D eigenvalue weighted by molar-refractivity contribution is -0.181. The van der Waals surface area contributed by atoms with Gasteiger partial charge in [0.05, 0.1) is 24.6 Å². The van der Waals surface area contributed by atoms with Crippen LogP contribution < -0.4 is 0 Å². The Hall–Kier alpha value is -2.74. The van der Waals surface area contributed by atoms with Gasteiger partial charge in [0.1, 0.15) is 11.5 Å². The van der Waals surface area contributed by atoms with E-state index in [0.29, 0.717) is 61.2 Å². The lowest BCUT2D eigenvalue weighted by atomic mass is 10.0. The molecule has 160 valence electrons. The summed E-state index contributed by atoms with van der Waals surface area (Å²) >= 11 is 6.18. The van der Waals surface area contributed by atoms with E-state index in [4.69, 9.17) is 21.1 Å². The third-order valence-corrected chi connectivity index (χ3v) is 5.98. The summed E-state index contributed by atoms with van der Waals surface area (Å²) in [6.45, 7) is 2.25. The maximum Gasteiger partial charge on any atom is 0.272 e. The van der Waals surface area contributed by atoms with Gasteiger partial charge in [0.2, 0.25) is 0 Å². The lowest BCUT2D eigenvalue weighted by Gasteiger charge is -2.37. The Labute approximate surface area is 184 Å². The molecule has 0 bridgehead atoms. The van der Waals surface area contributed by atoms with Crippen LogP contribution in [0.1, 0.15) is 23.3 Å². The average Bonchev–Trinajstić information content (AvgIpc) is 3.42. The van der Waals surface area contributed by atoms with Crippen LogP contribution in [0.5, 0.6) is 0 Å². The lowest BCUT2D eigenvalue weighted by Crippen LogP contribution is -2.47. The van der Waals surface area contributed by atoms with Crippen molar-refractivity contribution in [2.45, 2.75) is 18.6 Å². The Balaban J connectivity index is 1.49.